The van der Waals surface area contributed by atoms with Gasteiger partial charge in [0.15, 0.2) is 5.13 Å². The molecule has 3 aromatic rings. The maximum atomic E-state index is 9.08. The topological polar surface area (TPSA) is 61.2 Å². The fourth-order valence-electron chi connectivity index (χ4n) is 2.92. The van der Waals surface area contributed by atoms with Crippen LogP contribution in [0.15, 0.2) is 52.9 Å². The van der Waals surface area contributed by atoms with Crippen molar-refractivity contribution in [2.24, 2.45) is 0 Å². The van der Waals surface area contributed by atoms with E-state index in [0.717, 1.165) is 39.3 Å². The molecule has 130 valence electrons. The SMILES string of the molecule is Cc1cc(C#N)ccc1N1CCOc2cc(SNc3nccs3)ccc21. The largest absolute Gasteiger partial charge is 0.489 e. The van der Waals surface area contributed by atoms with E-state index in [1.165, 1.54) is 11.9 Å². The maximum absolute atomic E-state index is 9.08. The van der Waals surface area contributed by atoms with E-state index in [4.69, 9.17) is 10.00 Å². The van der Waals surface area contributed by atoms with Crippen molar-refractivity contribution in [1.29, 1.82) is 5.26 Å². The highest BCUT2D eigenvalue weighted by Crippen LogP contribution is 2.40. The van der Waals surface area contributed by atoms with Crippen LogP contribution in [0.3, 0.4) is 0 Å². The zero-order valence-corrected chi connectivity index (χ0v) is 15.7. The Morgan fingerprint density at radius 2 is 2.15 bits per heavy atom. The molecule has 0 amide bonds. The molecule has 7 heteroatoms. The predicted octanol–water partition coefficient (Wildman–Crippen LogP) is 4.97. The van der Waals surface area contributed by atoms with Gasteiger partial charge in [0.2, 0.25) is 0 Å². The molecule has 4 rings (SSSR count). The standard InChI is InChI=1S/C19H16N4OS2/c1-13-10-14(12-20)2-4-16(13)23-7-8-24-18-11-15(3-5-17(18)23)26-22-19-21-6-9-25-19/h2-6,9-11H,7-8H2,1H3,(H,21,22). The third-order valence-electron chi connectivity index (χ3n) is 4.10. The number of nitriles is 1. The van der Waals surface area contributed by atoms with Crippen LogP contribution in [-0.2, 0) is 0 Å². The molecule has 1 N–H and O–H groups in total. The van der Waals surface area contributed by atoms with Crippen LogP contribution in [0.4, 0.5) is 16.5 Å². The van der Waals surface area contributed by atoms with E-state index in [9.17, 15) is 0 Å². The van der Waals surface area contributed by atoms with Gasteiger partial charge in [0, 0.05) is 22.2 Å². The van der Waals surface area contributed by atoms with Crippen molar-refractivity contribution >= 4 is 39.8 Å². The Balaban J connectivity index is 1.59. The molecule has 0 saturated heterocycles. The lowest BCUT2D eigenvalue weighted by molar-refractivity contribution is 0.313. The number of ether oxygens (including phenoxy) is 1. The molecule has 0 bridgehead atoms. The minimum absolute atomic E-state index is 0.625. The van der Waals surface area contributed by atoms with Crippen molar-refractivity contribution < 1.29 is 4.74 Å². The van der Waals surface area contributed by atoms with E-state index >= 15 is 0 Å². The maximum Gasteiger partial charge on any atom is 0.192 e. The number of fused-ring (bicyclic) bond motifs is 1. The lowest BCUT2D eigenvalue weighted by Gasteiger charge is -2.32. The van der Waals surface area contributed by atoms with Crippen LogP contribution in [0.2, 0.25) is 0 Å². The van der Waals surface area contributed by atoms with E-state index in [2.05, 4.69) is 32.8 Å². The van der Waals surface area contributed by atoms with E-state index in [0.29, 0.717) is 12.2 Å². The van der Waals surface area contributed by atoms with Gasteiger partial charge >= 0.3 is 0 Å². The van der Waals surface area contributed by atoms with Gasteiger partial charge < -0.3 is 14.4 Å². The first-order chi connectivity index (χ1) is 12.7. The molecule has 2 heterocycles. The van der Waals surface area contributed by atoms with E-state index < -0.39 is 0 Å². The van der Waals surface area contributed by atoms with E-state index in [1.807, 2.05) is 36.6 Å². The number of benzene rings is 2. The lowest BCUT2D eigenvalue weighted by atomic mass is 10.1. The molecule has 26 heavy (non-hydrogen) atoms. The van der Waals surface area contributed by atoms with Crippen molar-refractivity contribution in [3.63, 3.8) is 0 Å². The smallest absolute Gasteiger partial charge is 0.192 e. The molecule has 0 atom stereocenters. The average molecular weight is 380 g/mol. The Morgan fingerprint density at radius 1 is 1.27 bits per heavy atom. The molecule has 0 radical (unpaired) electrons. The van der Waals surface area contributed by atoms with Crippen molar-refractivity contribution in [2.45, 2.75) is 11.8 Å². The number of hydrogen-bond donors (Lipinski definition) is 1. The van der Waals surface area contributed by atoms with Gasteiger partial charge in [-0.25, -0.2) is 4.98 Å². The minimum Gasteiger partial charge on any atom is -0.489 e. The monoisotopic (exact) mass is 380 g/mol. The summed E-state index contributed by atoms with van der Waals surface area (Å²) in [6.45, 7) is 3.44. The normalized spacial score (nSPS) is 12.8. The van der Waals surface area contributed by atoms with Gasteiger partial charge in [-0.15, -0.1) is 11.3 Å². The van der Waals surface area contributed by atoms with Gasteiger partial charge in [0.1, 0.15) is 12.4 Å². The second-order valence-corrected chi connectivity index (χ2v) is 7.56. The van der Waals surface area contributed by atoms with Crippen LogP contribution < -0.4 is 14.4 Å². The zero-order valence-electron chi connectivity index (χ0n) is 14.1. The van der Waals surface area contributed by atoms with Crippen LogP contribution in [0, 0.1) is 18.3 Å². The fraction of sp³-hybridized carbons (Fsp3) is 0.158. The first-order valence-electron chi connectivity index (χ1n) is 8.12. The van der Waals surface area contributed by atoms with E-state index in [1.54, 1.807) is 17.5 Å². The molecule has 0 unspecified atom stereocenters. The Kier molecular flexibility index (Phi) is 4.69. The Bertz CT molecular complexity index is 966. The second-order valence-electron chi connectivity index (χ2n) is 5.78. The van der Waals surface area contributed by atoms with Crippen molar-refractivity contribution in [3.05, 3.63) is 59.1 Å². The number of aryl methyl sites for hydroxylation is 1. The highest BCUT2D eigenvalue weighted by Gasteiger charge is 2.21. The van der Waals surface area contributed by atoms with Gasteiger partial charge in [-0.1, -0.05) is 0 Å². The van der Waals surface area contributed by atoms with Crippen molar-refractivity contribution in [2.75, 3.05) is 22.8 Å². The summed E-state index contributed by atoms with van der Waals surface area (Å²) in [5.41, 5.74) is 3.91. The zero-order chi connectivity index (χ0) is 17.9. The average Bonchev–Trinajstić information content (AvgIpc) is 3.19. The third-order valence-corrected chi connectivity index (χ3v) is 5.70. The third kappa shape index (κ3) is 3.34. The summed E-state index contributed by atoms with van der Waals surface area (Å²) < 4.78 is 9.13. The minimum atomic E-state index is 0.625. The van der Waals surface area contributed by atoms with Crippen LogP contribution in [-0.4, -0.2) is 18.1 Å². The van der Waals surface area contributed by atoms with Crippen LogP contribution in [0.5, 0.6) is 5.75 Å². The molecule has 2 aromatic carbocycles. The van der Waals surface area contributed by atoms with Gasteiger partial charge in [0.25, 0.3) is 0 Å². The molecule has 0 saturated carbocycles. The summed E-state index contributed by atoms with van der Waals surface area (Å²) in [6, 6.07) is 14.2. The van der Waals surface area contributed by atoms with Gasteiger partial charge in [-0.05, 0) is 60.8 Å². The molecule has 1 aliphatic rings. The Labute approximate surface area is 160 Å². The molecular formula is C19H16N4OS2. The first-order valence-corrected chi connectivity index (χ1v) is 9.82. The molecule has 1 aliphatic heterocycles. The lowest BCUT2D eigenvalue weighted by Crippen LogP contribution is -2.29. The number of rotatable bonds is 4. The van der Waals surface area contributed by atoms with Crippen molar-refractivity contribution in [3.8, 4) is 11.8 Å². The quantitative estimate of drug-likeness (QED) is 0.645. The molecule has 0 aliphatic carbocycles. The Hall–Kier alpha value is -2.69. The summed E-state index contributed by atoms with van der Waals surface area (Å²) in [6.07, 6.45) is 1.78. The van der Waals surface area contributed by atoms with Gasteiger partial charge in [0.05, 0.1) is 23.9 Å². The first kappa shape index (κ1) is 16.8. The number of thiazole rings is 1. The summed E-state index contributed by atoms with van der Waals surface area (Å²) >= 11 is 3.09. The number of hydrogen-bond acceptors (Lipinski definition) is 7. The fourth-order valence-corrected chi connectivity index (χ4v) is 4.17. The van der Waals surface area contributed by atoms with Crippen LogP contribution in [0.1, 0.15) is 11.1 Å². The number of anilines is 3. The summed E-state index contributed by atoms with van der Waals surface area (Å²) in [5, 5.41) is 11.9. The van der Waals surface area contributed by atoms with Gasteiger partial charge in [-0.2, -0.15) is 5.26 Å². The molecule has 5 nitrogen and oxygen atoms in total. The van der Waals surface area contributed by atoms with Crippen molar-refractivity contribution in [1.82, 2.24) is 4.98 Å². The molecule has 1 aromatic heterocycles. The molecular weight excluding hydrogens is 364 g/mol. The number of nitrogens with zero attached hydrogens (tertiary/aromatic N) is 3. The highest BCUT2D eigenvalue weighted by atomic mass is 32.2. The Morgan fingerprint density at radius 3 is 2.92 bits per heavy atom. The molecule has 0 fully saturated rings. The van der Waals surface area contributed by atoms with Crippen LogP contribution in [0.25, 0.3) is 0 Å². The summed E-state index contributed by atoms with van der Waals surface area (Å²) in [7, 11) is 0. The van der Waals surface area contributed by atoms with E-state index in [-0.39, 0.29) is 0 Å². The highest BCUT2D eigenvalue weighted by molar-refractivity contribution is 8.00. The second kappa shape index (κ2) is 7.28. The summed E-state index contributed by atoms with van der Waals surface area (Å²) in [4.78, 5) is 7.53. The number of aromatic nitrogens is 1. The summed E-state index contributed by atoms with van der Waals surface area (Å²) in [5.74, 6) is 0.867. The van der Waals surface area contributed by atoms with Crippen LogP contribution >= 0.6 is 23.3 Å². The van der Waals surface area contributed by atoms with Gasteiger partial charge in [-0.3, -0.25) is 0 Å². The predicted molar refractivity (Wildman–Crippen MR) is 106 cm³/mol. The number of nitrogens with one attached hydrogen (secondary N) is 1. The molecule has 0 spiro atoms.